The number of nitrogens with one attached hydrogen (secondary N) is 2. The molecule has 0 fully saturated rings. The zero-order valence-corrected chi connectivity index (χ0v) is 23.0. The van der Waals surface area contributed by atoms with Crippen LogP contribution in [0.2, 0.25) is 0 Å². The molecule has 4 aromatic rings. The van der Waals surface area contributed by atoms with Gasteiger partial charge in [0.15, 0.2) is 0 Å². The summed E-state index contributed by atoms with van der Waals surface area (Å²) >= 11 is 0. The number of hydrogen-bond acceptors (Lipinski definition) is 6. The molecular formula is C30H33N5O4. The van der Waals surface area contributed by atoms with Crippen LogP contribution >= 0.6 is 0 Å². The monoisotopic (exact) mass is 527 g/mol. The van der Waals surface area contributed by atoms with Crippen molar-refractivity contribution in [2.45, 2.75) is 46.1 Å². The molecule has 3 aromatic carbocycles. The minimum absolute atomic E-state index is 0.0331. The predicted octanol–water partition coefficient (Wildman–Crippen LogP) is 5.98. The van der Waals surface area contributed by atoms with Crippen molar-refractivity contribution in [2.24, 2.45) is 0 Å². The van der Waals surface area contributed by atoms with E-state index in [0.717, 1.165) is 16.7 Å². The summed E-state index contributed by atoms with van der Waals surface area (Å²) in [6.45, 7) is 10.1. The van der Waals surface area contributed by atoms with Gasteiger partial charge in [-0.3, -0.25) is 4.79 Å². The molecule has 39 heavy (non-hydrogen) atoms. The lowest BCUT2D eigenvalue weighted by molar-refractivity contribution is 0.102. The molecule has 0 spiro atoms. The molecule has 2 N–H and O–H groups in total. The van der Waals surface area contributed by atoms with E-state index in [4.69, 9.17) is 9.47 Å². The van der Waals surface area contributed by atoms with Crippen molar-refractivity contribution in [3.63, 3.8) is 0 Å². The summed E-state index contributed by atoms with van der Waals surface area (Å²) in [5.74, 6) is 0.304. The molecule has 1 atom stereocenters. The number of carbonyl (C=O) groups excluding carboxylic acids is 2. The fraction of sp³-hybridized carbons (Fsp3) is 0.267. The molecule has 9 nitrogen and oxygen atoms in total. The Morgan fingerprint density at radius 2 is 1.74 bits per heavy atom. The zero-order chi connectivity index (χ0) is 28.2. The summed E-state index contributed by atoms with van der Waals surface area (Å²) < 4.78 is 12.3. The molecule has 0 saturated carbocycles. The van der Waals surface area contributed by atoms with Crippen LogP contribution in [0.1, 0.15) is 60.8 Å². The fourth-order valence-corrected chi connectivity index (χ4v) is 4.00. The van der Waals surface area contributed by atoms with Gasteiger partial charge < -0.3 is 20.1 Å². The summed E-state index contributed by atoms with van der Waals surface area (Å²) in [5.41, 5.74) is 4.42. The van der Waals surface area contributed by atoms with Crippen LogP contribution in [0.15, 0.2) is 72.9 Å². The Labute approximate surface area is 228 Å². The van der Waals surface area contributed by atoms with Crippen LogP contribution in [-0.4, -0.2) is 34.1 Å². The van der Waals surface area contributed by atoms with Crippen LogP contribution in [0.25, 0.3) is 5.69 Å². The van der Waals surface area contributed by atoms with Crippen LogP contribution in [0.5, 0.6) is 11.6 Å². The van der Waals surface area contributed by atoms with Gasteiger partial charge in [-0.1, -0.05) is 73.5 Å². The number of aromatic nitrogens is 3. The lowest BCUT2D eigenvalue weighted by Crippen LogP contribution is -2.29. The number of ether oxygens (including phenoxy) is 2. The van der Waals surface area contributed by atoms with Crippen LogP contribution < -0.4 is 20.1 Å². The number of methoxy groups -OCH3 is 1. The summed E-state index contributed by atoms with van der Waals surface area (Å²) in [7, 11) is 1.57. The van der Waals surface area contributed by atoms with Crippen LogP contribution in [0, 0.1) is 6.92 Å². The molecule has 0 unspecified atom stereocenters. The quantitative estimate of drug-likeness (QED) is 0.306. The molecule has 0 aliphatic carbocycles. The maximum absolute atomic E-state index is 13.2. The number of nitrogens with zero attached hydrogens (tertiary/aromatic N) is 3. The Bertz CT molecular complexity index is 1470. The van der Waals surface area contributed by atoms with Crippen molar-refractivity contribution in [3.8, 4) is 17.3 Å². The van der Waals surface area contributed by atoms with Gasteiger partial charge >= 0.3 is 6.09 Å². The standard InChI is InChI=1S/C30H33N5O4/c1-19-12-13-22(28(36)32-24-17-23(30(3,4)5)14-15-26(24)38-6)16-25(19)35-18-27(33-34-35)39-29(37)31-20(2)21-10-8-7-9-11-21/h7-18,20H,1-6H3,(H,31,37)(H,32,36)/t20-/m1/s1. The number of aryl methyl sites for hydroxylation is 1. The van der Waals surface area contributed by atoms with Gasteiger partial charge in [0.25, 0.3) is 11.8 Å². The summed E-state index contributed by atoms with van der Waals surface area (Å²) in [6.07, 6.45) is 0.849. The summed E-state index contributed by atoms with van der Waals surface area (Å²) in [6, 6.07) is 20.4. The second-order valence-electron chi connectivity index (χ2n) is 10.3. The molecule has 1 heterocycles. The number of amides is 2. The first kappa shape index (κ1) is 27.4. The van der Waals surface area contributed by atoms with Crippen molar-refractivity contribution in [1.29, 1.82) is 0 Å². The van der Waals surface area contributed by atoms with Gasteiger partial charge in [0.1, 0.15) is 5.75 Å². The average Bonchev–Trinajstić information content (AvgIpc) is 3.36. The van der Waals surface area contributed by atoms with E-state index in [0.29, 0.717) is 22.7 Å². The molecule has 9 heteroatoms. The minimum atomic E-state index is -0.644. The van der Waals surface area contributed by atoms with Crippen LogP contribution in [0.4, 0.5) is 10.5 Å². The van der Waals surface area contributed by atoms with Crippen LogP contribution in [0.3, 0.4) is 0 Å². The molecule has 0 aliphatic heterocycles. The first-order valence-corrected chi connectivity index (χ1v) is 12.6. The Morgan fingerprint density at radius 3 is 2.44 bits per heavy atom. The van der Waals surface area contributed by atoms with E-state index in [1.165, 1.54) is 10.9 Å². The second kappa shape index (κ2) is 11.4. The average molecular weight is 528 g/mol. The maximum atomic E-state index is 13.2. The van der Waals surface area contributed by atoms with Crippen molar-refractivity contribution >= 4 is 17.7 Å². The third-order valence-corrected chi connectivity index (χ3v) is 6.34. The Hall–Kier alpha value is -4.66. The van der Waals surface area contributed by atoms with E-state index < -0.39 is 6.09 Å². The molecule has 202 valence electrons. The largest absolute Gasteiger partial charge is 0.495 e. The van der Waals surface area contributed by atoms with Crippen molar-refractivity contribution in [3.05, 3.63) is 95.2 Å². The number of rotatable bonds is 7. The third kappa shape index (κ3) is 6.62. The van der Waals surface area contributed by atoms with Crippen LogP contribution in [-0.2, 0) is 5.41 Å². The molecular weight excluding hydrogens is 494 g/mol. The highest BCUT2D eigenvalue weighted by Crippen LogP contribution is 2.32. The Morgan fingerprint density at radius 1 is 1.00 bits per heavy atom. The van der Waals surface area contributed by atoms with Gasteiger partial charge in [-0.05, 0) is 60.2 Å². The van der Waals surface area contributed by atoms with E-state index in [9.17, 15) is 9.59 Å². The number of carbonyl (C=O) groups is 2. The summed E-state index contributed by atoms with van der Waals surface area (Å²) in [4.78, 5) is 25.6. The minimum Gasteiger partial charge on any atom is -0.495 e. The molecule has 4 rings (SSSR count). The third-order valence-electron chi connectivity index (χ3n) is 6.34. The number of hydrogen-bond donors (Lipinski definition) is 2. The Balaban J connectivity index is 1.49. The van der Waals surface area contributed by atoms with Crippen molar-refractivity contribution < 1.29 is 19.1 Å². The summed E-state index contributed by atoms with van der Waals surface area (Å²) in [5, 5.41) is 13.8. The van der Waals surface area contributed by atoms with Gasteiger partial charge in [-0.15, -0.1) is 0 Å². The van der Waals surface area contributed by atoms with Crippen molar-refractivity contribution in [1.82, 2.24) is 20.3 Å². The van der Waals surface area contributed by atoms with Gasteiger partial charge in [0.05, 0.1) is 30.7 Å². The molecule has 0 bridgehead atoms. The lowest BCUT2D eigenvalue weighted by atomic mass is 9.87. The van der Waals surface area contributed by atoms with E-state index in [1.807, 2.05) is 68.4 Å². The Kier molecular flexibility index (Phi) is 7.99. The van der Waals surface area contributed by atoms with Gasteiger partial charge in [0.2, 0.25) is 0 Å². The fourth-order valence-electron chi connectivity index (χ4n) is 4.00. The molecule has 0 radical (unpaired) electrons. The molecule has 2 amide bonds. The predicted molar refractivity (Wildman–Crippen MR) is 150 cm³/mol. The first-order chi connectivity index (χ1) is 18.5. The highest BCUT2D eigenvalue weighted by Gasteiger charge is 2.19. The van der Waals surface area contributed by atoms with Gasteiger partial charge in [0, 0.05) is 5.56 Å². The molecule has 0 saturated heterocycles. The van der Waals surface area contributed by atoms with Gasteiger partial charge in [-0.25, -0.2) is 9.48 Å². The van der Waals surface area contributed by atoms with E-state index >= 15 is 0 Å². The molecule has 0 aliphatic rings. The van der Waals surface area contributed by atoms with Crippen molar-refractivity contribution in [2.75, 3.05) is 12.4 Å². The maximum Gasteiger partial charge on any atom is 0.414 e. The zero-order valence-electron chi connectivity index (χ0n) is 23.0. The second-order valence-corrected chi connectivity index (χ2v) is 10.3. The highest BCUT2D eigenvalue weighted by atomic mass is 16.6. The normalized spacial score (nSPS) is 11.9. The van der Waals surface area contributed by atoms with E-state index in [1.54, 1.807) is 19.2 Å². The number of benzene rings is 3. The highest BCUT2D eigenvalue weighted by molar-refractivity contribution is 6.05. The first-order valence-electron chi connectivity index (χ1n) is 12.6. The SMILES string of the molecule is COc1ccc(C(C)(C)C)cc1NC(=O)c1ccc(C)c(-n2cc(OC(=O)N[C@H](C)c3ccccc3)nn2)c1. The van der Waals surface area contributed by atoms with E-state index in [2.05, 4.69) is 41.7 Å². The molecule has 1 aromatic heterocycles. The van der Waals surface area contributed by atoms with Gasteiger partial charge in [-0.2, -0.15) is 0 Å². The topological polar surface area (TPSA) is 107 Å². The smallest absolute Gasteiger partial charge is 0.414 e. The van der Waals surface area contributed by atoms with E-state index in [-0.39, 0.29) is 23.2 Å². The number of anilines is 1. The lowest BCUT2D eigenvalue weighted by Gasteiger charge is -2.21.